The zero-order valence-corrected chi connectivity index (χ0v) is 10.3. The van der Waals surface area contributed by atoms with E-state index in [-0.39, 0.29) is 0 Å². The van der Waals surface area contributed by atoms with Gasteiger partial charge in [-0.15, -0.1) is 11.3 Å². The van der Waals surface area contributed by atoms with Gasteiger partial charge in [0.2, 0.25) is 0 Å². The normalized spacial score (nSPS) is 12.6. The summed E-state index contributed by atoms with van der Waals surface area (Å²) in [6.45, 7) is 5.08. The van der Waals surface area contributed by atoms with Crippen molar-refractivity contribution in [2.24, 2.45) is 0 Å². The van der Waals surface area contributed by atoms with E-state index in [2.05, 4.69) is 22.2 Å². The lowest BCUT2D eigenvalue weighted by Gasteiger charge is -2.13. The molecule has 0 saturated carbocycles. The van der Waals surface area contributed by atoms with Crippen LogP contribution in [0.15, 0.2) is 30.0 Å². The van der Waals surface area contributed by atoms with E-state index in [0.717, 1.165) is 12.2 Å². The highest BCUT2D eigenvalue weighted by molar-refractivity contribution is 7.09. The lowest BCUT2D eigenvalue weighted by atomic mass is 10.1. The van der Waals surface area contributed by atoms with Crippen LogP contribution in [0.4, 0.5) is 0 Å². The van der Waals surface area contributed by atoms with Crippen LogP contribution in [0.5, 0.6) is 0 Å². The maximum absolute atomic E-state index is 4.24. The first-order valence-corrected chi connectivity index (χ1v) is 6.17. The lowest BCUT2D eigenvalue weighted by Crippen LogP contribution is -2.17. The number of thiazole rings is 1. The largest absolute Gasteiger partial charge is 0.305 e. The fourth-order valence-corrected chi connectivity index (χ4v) is 2.24. The first kappa shape index (κ1) is 11.2. The van der Waals surface area contributed by atoms with E-state index in [1.807, 2.05) is 37.0 Å². The zero-order valence-electron chi connectivity index (χ0n) is 9.47. The smallest absolute Gasteiger partial charge is 0.0798 e. The Morgan fingerprint density at radius 1 is 1.38 bits per heavy atom. The maximum Gasteiger partial charge on any atom is 0.0798 e. The molecular weight excluding hydrogens is 218 g/mol. The molecule has 0 spiro atoms. The molecule has 0 radical (unpaired) electrons. The van der Waals surface area contributed by atoms with Crippen LogP contribution in [0.1, 0.15) is 29.1 Å². The van der Waals surface area contributed by atoms with E-state index in [9.17, 15) is 0 Å². The van der Waals surface area contributed by atoms with Gasteiger partial charge >= 0.3 is 0 Å². The highest BCUT2D eigenvalue weighted by atomic mass is 32.1. The minimum absolute atomic E-state index is 0.338. The first-order chi connectivity index (χ1) is 7.77. The molecule has 2 aromatic rings. The summed E-state index contributed by atoms with van der Waals surface area (Å²) in [5, 5.41) is 3.48. The average Bonchev–Trinajstić information content (AvgIpc) is 2.73. The molecule has 84 valence electrons. The molecule has 0 bridgehead atoms. The Labute approximate surface area is 99.6 Å². The SMILES string of the molecule is Cc1ncsc1CNC(C)c1ccncc1. The monoisotopic (exact) mass is 233 g/mol. The molecule has 1 atom stereocenters. The van der Waals surface area contributed by atoms with Gasteiger partial charge in [0.25, 0.3) is 0 Å². The number of aryl methyl sites for hydroxylation is 1. The van der Waals surface area contributed by atoms with Crippen molar-refractivity contribution < 1.29 is 0 Å². The third-order valence-corrected chi connectivity index (χ3v) is 3.55. The molecule has 0 aliphatic carbocycles. The van der Waals surface area contributed by atoms with Gasteiger partial charge in [0.1, 0.15) is 0 Å². The molecule has 0 saturated heterocycles. The van der Waals surface area contributed by atoms with Crippen molar-refractivity contribution in [2.45, 2.75) is 26.4 Å². The summed E-state index contributed by atoms with van der Waals surface area (Å²) >= 11 is 1.70. The highest BCUT2D eigenvalue weighted by Crippen LogP contribution is 2.15. The van der Waals surface area contributed by atoms with Gasteiger partial charge in [-0.2, -0.15) is 0 Å². The Kier molecular flexibility index (Phi) is 3.64. The molecule has 2 rings (SSSR count). The number of hydrogen-bond donors (Lipinski definition) is 1. The number of pyridine rings is 1. The minimum atomic E-state index is 0.338. The van der Waals surface area contributed by atoms with E-state index in [4.69, 9.17) is 0 Å². The molecule has 2 aromatic heterocycles. The van der Waals surface area contributed by atoms with E-state index < -0.39 is 0 Å². The molecule has 3 nitrogen and oxygen atoms in total. The Hall–Kier alpha value is -1.26. The number of nitrogens with zero attached hydrogens (tertiary/aromatic N) is 2. The van der Waals surface area contributed by atoms with Crippen molar-refractivity contribution in [1.29, 1.82) is 0 Å². The summed E-state index contributed by atoms with van der Waals surface area (Å²) in [7, 11) is 0. The maximum atomic E-state index is 4.24. The molecule has 1 N–H and O–H groups in total. The van der Waals surface area contributed by atoms with E-state index in [0.29, 0.717) is 6.04 Å². The summed E-state index contributed by atoms with van der Waals surface area (Å²) in [5.41, 5.74) is 4.28. The molecule has 0 aromatic carbocycles. The molecule has 2 heterocycles. The van der Waals surface area contributed by atoms with Crippen LogP contribution in [-0.2, 0) is 6.54 Å². The van der Waals surface area contributed by atoms with E-state index in [1.165, 1.54) is 10.4 Å². The molecule has 16 heavy (non-hydrogen) atoms. The summed E-state index contributed by atoms with van der Waals surface area (Å²) < 4.78 is 0. The van der Waals surface area contributed by atoms with Gasteiger partial charge in [0, 0.05) is 29.9 Å². The number of nitrogens with one attached hydrogen (secondary N) is 1. The van der Waals surface area contributed by atoms with Gasteiger partial charge in [-0.05, 0) is 31.5 Å². The Morgan fingerprint density at radius 3 is 2.75 bits per heavy atom. The Balaban J connectivity index is 1.94. The minimum Gasteiger partial charge on any atom is -0.305 e. The second-order valence-corrected chi connectivity index (χ2v) is 4.68. The van der Waals surface area contributed by atoms with Gasteiger partial charge in [-0.3, -0.25) is 4.98 Å². The van der Waals surface area contributed by atoms with Crippen LogP contribution in [0.25, 0.3) is 0 Å². The summed E-state index contributed by atoms with van der Waals surface area (Å²) in [4.78, 5) is 9.56. The van der Waals surface area contributed by atoms with Crippen LogP contribution in [0.2, 0.25) is 0 Å². The number of hydrogen-bond acceptors (Lipinski definition) is 4. The quantitative estimate of drug-likeness (QED) is 0.882. The van der Waals surface area contributed by atoms with Crippen molar-refractivity contribution in [1.82, 2.24) is 15.3 Å². The standard InChI is InChI=1S/C12H15N3S/c1-9(11-3-5-13-6-4-11)14-7-12-10(2)15-8-16-12/h3-6,8-9,14H,7H2,1-2H3. The fourth-order valence-electron chi connectivity index (χ4n) is 1.51. The second-order valence-electron chi connectivity index (χ2n) is 3.74. The summed E-state index contributed by atoms with van der Waals surface area (Å²) in [5.74, 6) is 0. The molecule has 1 unspecified atom stereocenters. The van der Waals surface area contributed by atoms with Crippen molar-refractivity contribution in [2.75, 3.05) is 0 Å². The predicted molar refractivity (Wildman–Crippen MR) is 66.3 cm³/mol. The van der Waals surface area contributed by atoms with Crippen molar-refractivity contribution >= 4 is 11.3 Å². The lowest BCUT2D eigenvalue weighted by molar-refractivity contribution is 0.576. The van der Waals surface area contributed by atoms with Gasteiger partial charge in [-0.1, -0.05) is 0 Å². The predicted octanol–water partition coefficient (Wildman–Crippen LogP) is 2.70. The topological polar surface area (TPSA) is 37.8 Å². The van der Waals surface area contributed by atoms with Gasteiger partial charge in [0.05, 0.1) is 11.2 Å². The third kappa shape index (κ3) is 2.65. The van der Waals surface area contributed by atoms with E-state index in [1.54, 1.807) is 11.3 Å². The third-order valence-electron chi connectivity index (χ3n) is 2.62. The Bertz CT molecular complexity index is 439. The van der Waals surface area contributed by atoms with Crippen LogP contribution in [0, 0.1) is 6.92 Å². The molecule has 0 fully saturated rings. The number of aromatic nitrogens is 2. The van der Waals surface area contributed by atoms with Crippen LogP contribution < -0.4 is 5.32 Å². The molecule has 4 heteroatoms. The second kappa shape index (κ2) is 5.18. The molecule has 0 aliphatic heterocycles. The molecule has 0 amide bonds. The zero-order chi connectivity index (χ0) is 11.4. The van der Waals surface area contributed by atoms with Crippen molar-refractivity contribution in [3.05, 3.63) is 46.2 Å². The molecular formula is C12H15N3S. The van der Waals surface area contributed by atoms with Gasteiger partial charge < -0.3 is 5.32 Å². The first-order valence-electron chi connectivity index (χ1n) is 5.29. The van der Waals surface area contributed by atoms with Crippen LogP contribution in [-0.4, -0.2) is 9.97 Å². The molecule has 0 aliphatic rings. The summed E-state index contributed by atoms with van der Waals surface area (Å²) in [6, 6.07) is 4.42. The van der Waals surface area contributed by atoms with Crippen molar-refractivity contribution in [3.8, 4) is 0 Å². The highest BCUT2D eigenvalue weighted by Gasteiger charge is 2.06. The van der Waals surface area contributed by atoms with Gasteiger partial charge in [-0.25, -0.2) is 4.98 Å². The van der Waals surface area contributed by atoms with Gasteiger partial charge in [0.15, 0.2) is 0 Å². The van der Waals surface area contributed by atoms with Crippen molar-refractivity contribution in [3.63, 3.8) is 0 Å². The number of rotatable bonds is 4. The van der Waals surface area contributed by atoms with E-state index >= 15 is 0 Å². The Morgan fingerprint density at radius 2 is 2.12 bits per heavy atom. The van der Waals surface area contributed by atoms with Crippen LogP contribution in [0.3, 0.4) is 0 Å². The fraction of sp³-hybridized carbons (Fsp3) is 0.333. The average molecular weight is 233 g/mol. The van der Waals surface area contributed by atoms with Crippen LogP contribution >= 0.6 is 11.3 Å². The summed E-state index contributed by atoms with van der Waals surface area (Å²) in [6.07, 6.45) is 3.65.